The van der Waals surface area contributed by atoms with Gasteiger partial charge in [-0.15, -0.1) is 0 Å². The fourth-order valence-electron chi connectivity index (χ4n) is 3.31. The normalized spacial score (nSPS) is 15.5. The summed E-state index contributed by atoms with van der Waals surface area (Å²) < 4.78 is 6.63. The number of nitrogens with zero attached hydrogens (tertiary/aromatic N) is 1. The van der Waals surface area contributed by atoms with E-state index in [-0.39, 0.29) is 5.91 Å². The fraction of sp³-hybridized carbons (Fsp3) is 0.167. The Morgan fingerprint density at radius 2 is 1.79 bits per heavy atom. The van der Waals surface area contributed by atoms with Crippen LogP contribution in [0, 0.1) is 0 Å². The minimum absolute atomic E-state index is 0.00173. The molecule has 0 N–H and O–H groups in total. The molecule has 146 valence electrons. The van der Waals surface area contributed by atoms with Gasteiger partial charge >= 0.3 is 0 Å². The summed E-state index contributed by atoms with van der Waals surface area (Å²) in [7, 11) is 0. The summed E-state index contributed by atoms with van der Waals surface area (Å²) in [6, 6.07) is 22.4. The lowest BCUT2D eigenvalue weighted by Crippen LogP contribution is -2.28. The second-order valence-electron chi connectivity index (χ2n) is 6.83. The van der Waals surface area contributed by atoms with Crippen molar-refractivity contribution in [3.8, 4) is 5.75 Å². The van der Waals surface area contributed by atoms with Crippen molar-refractivity contribution in [1.82, 2.24) is 4.90 Å². The molecule has 0 radical (unpaired) electrons. The van der Waals surface area contributed by atoms with Crippen LogP contribution in [-0.2, 0) is 11.4 Å². The van der Waals surface area contributed by atoms with Crippen LogP contribution in [0.4, 0.5) is 0 Å². The first-order chi connectivity index (χ1) is 14.2. The summed E-state index contributed by atoms with van der Waals surface area (Å²) in [6.45, 7) is 3.22. The van der Waals surface area contributed by atoms with E-state index in [1.54, 1.807) is 4.90 Å². The first kappa shape index (κ1) is 19.7. The quantitative estimate of drug-likeness (QED) is 0.360. The zero-order chi connectivity index (χ0) is 20.2. The molecular weight excluding hydrogens is 398 g/mol. The van der Waals surface area contributed by atoms with Crippen molar-refractivity contribution in [1.29, 1.82) is 0 Å². The molecule has 1 amide bonds. The maximum absolute atomic E-state index is 12.5. The summed E-state index contributed by atoms with van der Waals surface area (Å²) in [6.07, 6.45) is 2.78. The molecule has 0 aliphatic carbocycles. The van der Waals surface area contributed by atoms with Gasteiger partial charge in [0.15, 0.2) is 0 Å². The smallest absolute Gasteiger partial charge is 0.266 e. The van der Waals surface area contributed by atoms with Gasteiger partial charge in [-0.2, -0.15) is 0 Å². The maximum atomic E-state index is 12.5. The van der Waals surface area contributed by atoms with Crippen molar-refractivity contribution in [3.05, 3.63) is 82.8 Å². The van der Waals surface area contributed by atoms with Crippen LogP contribution in [0.2, 0.25) is 0 Å². The third-order valence-corrected chi connectivity index (χ3v) is 6.15. The molecule has 1 aliphatic heterocycles. The molecule has 1 fully saturated rings. The fourth-order valence-corrected chi connectivity index (χ4v) is 4.62. The molecule has 0 atom stereocenters. The number of rotatable bonds is 6. The van der Waals surface area contributed by atoms with Crippen molar-refractivity contribution in [3.63, 3.8) is 0 Å². The van der Waals surface area contributed by atoms with Gasteiger partial charge in [-0.1, -0.05) is 85.5 Å². The number of benzene rings is 3. The number of hydrogen-bond acceptors (Lipinski definition) is 4. The third kappa shape index (κ3) is 4.36. The lowest BCUT2D eigenvalue weighted by Gasteiger charge is -2.12. The first-order valence-corrected chi connectivity index (χ1v) is 10.8. The van der Waals surface area contributed by atoms with Gasteiger partial charge in [0.05, 0.1) is 4.91 Å². The number of amides is 1. The number of thiocarbonyl (C=S) groups is 1. The van der Waals surface area contributed by atoms with E-state index in [0.29, 0.717) is 22.4 Å². The number of carbonyl (C=O) groups excluding carboxylic acids is 1. The number of carbonyl (C=O) groups is 1. The molecule has 0 spiro atoms. The average Bonchev–Trinajstić information content (AvgIpc) is 3.01. The van der Waals surface area contributed by atoms with Crippen LogP contribution >= 0.6 is 24.0 Å². The Labute approximate surface area is 180 Å². The highest BCUT2D eigenvalue weighted by molar-refractivity contribution is 8.26. The second-order valence-corrected chi connectivity index (χ2v) is 8.51. The van der Waals surface area contributed by atoms with Gasteiger partial charge in [-0.25, -0.2) is 0 Å². The van der Waals surface area contributed by atoms with Crippen LogP contribution in [0.15, 0.2) is 71.6 Å². The standard InChI is InChI=1S/C24H21NO2S2/c1-2-14-25-23(26)22(29-24(25)28)15-17-10-12-20(13-11-17)27-16-19-8-5-7-18-6-3-4-9-21(18)19/h3-13,15H,2,14,16H2,1H3/b22-15+. The van der Waals surface area contributed by atoms with Crippen LogP contribution < -0.4 is 4.74 Å². The molecule has 1 heterocycles. The Morgan fingerprint density at radius 1 is 1.03 bits per heavy atom. The van der Waals surface area contributed by atoms with Gasteiger partial charge in [0.1, 0.15) is 16.7 Å². The zero-order valence-corrected chi connectivity index (χ0v) is 17.8. The number of thioether (sulfide) groups is 1. The summed E-state index contributed by atoms with van der Waals surface area (Å²) in [5.41, 5.74) is 2.12. The van der Waals surface area contributed by atoms with E-state index in [2.05, 4.69) is 30.3 Å². The van der Waals surface area contributed by atoms with E-state index in [0.717, 1.165) is 23.3 Å². The third-order valence-electron chi connectivity index (χ3n) is 4.77. The van der Waals surface area contributed by atoms with Gasteiger partial charge < -0.3 is 4.74 Å². The van der Waals surface area contributed by atoms with E-state index >= 15 is 0 Å². The SMILES string of the molecule is CCCN1C(=O)/C(=C\c2ccc(OCc3cccc4ccccc34)cc2)SC1=S. The summed E-state index contributed by atoms with van der Waals surface area (Å²) in [5, 5.41) is 2.42. The lowest BCUT2D eigenvalue weighted by atomic mass is 10.1. The van der Waals surface area contributed by atoms with Crippen molar-refractivity contribution in [2.45, 2.75) is 20.0 Å². The molecule has 3 aromatic carbocycles. The van der Waals surface area contributed by atoms with Crippen molar-refractivity contribution < 1.29 is 9.53 Å². The van der Waals surface area contributed by atoms with E-state index in [4.69, 9.17) is 17.0 Å². The molecular formula is C24H21NO2S2. The topological polar surface area (TPSA) is 29.5 Å². The zero-order valence-electron chi connectivity index (χ0n) is 16.1. The highest BCUT2D eigenvalue weighted by Gasteiger charge is 2.31. The Bertz CT molecular complexity index is 1080. The average molecular weight is 420 g/mol. The molecule has 0 bridgehead atoms. The maximum Gasteiger partial charge on any atom is 0.266 e. The highest BCUT2D eigenvalue weighted by Crippen LogP contribution is 2.32. The number of fused-ring (bicyclic) bond motifs is 1. The highest BCUT2D eigenvalue weighted by atomic mass is 32.2. The summed E-state index contributed by atoms with van der Waals surface area (Å²) in [4.78, 5) is 14.8. The molecule has 0 saturated carbocycles. The van der Waals surface area contributed by atoms with Crippen LogP contribution in [0.5, 0.6) is 5.75 Å². The van der Waals surface area contributed by atoms with Crippen molar-refractivity contribution in [2.24, 2.45) is 0 Å². The molecule has 29 heavy (non-hydrogen) atoms. The molecule has 0 aromatic heterocycles. The van der Waals surface area contributed by atoms with Crippen molar-refractivity contribution in [2.75, 3.05) is 6.54 Å². The first-order valence-electron chi connectivity index (χ1n) is 9.60. The van der Waals surface area contributed by atoms with Gasteiger partial charge in [-0.3, -0.25) is 9.69 Å². The lowest BCUT2D eigenvalue weighted by molar-refractivity contribution is -0.122. The number of hydrogen-bond donors (Lipinski definition) is 0. The van der Waals surface area contributed by atoms with E-state index in [1.807, 2.05) is 49.4 Å². The molecule has 5 heteroatoms. The Hall–Kier alpha value is -2.63. The minimum atomic E-state index is -0.00173. The Morgan fingerprint density at radius 3 is 2.59 bits per heavy atom. The summed E-state index contributed by atoms with van der Waals surface area (Å²) >= 11 is 6.69. The van der Waals surface area contributed by atoms with Crippen LogP contribution in [-0.4, -0.2) is 21.7 Å². The molecule has 3 nitrogen and oxygen atoms in total. The second kappa shape index (κ2) is 8.80. The van der Waals surface area contributed by atoms with Gasteiger partial charge in [0.25, 0.3) is 5.91 Å². The van der Waals surface area contributed by atoms with Gasteiger partial charge in [0.2, 0.25) is 0 Å². The van der Waals surface area contributed by atoms with E-state index < -0.39 is 0 Å². The monoisotopic (exact) mass is 419 g/mol. The number of ether oxygens (including phenoxy) is 1. The molecule has 1 aliphatic rings. The molecule has 3 aromatic rings. The molecule has 1 saturated heterocycles. The van der Waals surface area contributed by atoms with Crippen molar-refractivity contribution >= 4 is 51.1 Å². The van der Waals surface area contributed by atoms with Gasteiger partial charge in [-0.05, 0) is 46.5 Å². The predicted octanol–water partition coefficient (Wildman–Crippen LogP) is 6.03. The molecule has 4 rings (SSSR count). The predicted molar refractivity (Wildman–Crippen MR) is 125 cm³/mol. The Kier molecular flexibility index (Phi) is 5.97. The van der Waals surface area contributed by atoms with Crippen LogP contribution in [0.3, 0.4) is 0 Å². The van der Waals surface area contributed by atoms with Crippen LogP contribution in [0.25, 0.3) is 16.8 Å². The molecule has 0 unspecified atom stereocenters. The van der Waals surface area contributed by atoms with Crippen LogP contribution in [0.1, 0.15) is 24.5 Å². The van der Waals surface area contributed by atoms with E-state index in [9.17, 15) is 4.79 Å². The summed E-state index contributed by atoms with van der Waals surface area (Å²) in [5.74, 6) is 0.798. The van der Waals surface area contributed by atoms with Gasteiger partial charge in [0, 0.05) is 6.54 Å². The van der Waals surface area contributed by atoms with E-state index in [1.165, 1.54) is 22.5 Å². The Balaban J connectivity index is 1.45. The minimum Gasteiger partial charge on any atom is -0.489 e. The largest absolute Gasteiger partial charge is 0.489 e.